The molecule has 0 saturated heterocycles. The van der Waals surface area contributed by atoms with Crippen LogP contribution in [0.4, 0.5) is 22.7 Å². The lowest BCUT2D eigenvalue weighted by molar-refractivity contribution is 0.911. The van der Waals surface area contributed by atoms with Crippen LogP contribution in [-0.2, 0) is 0 Å². The van der Waals surface area contributed by atoms with Gasteiger partial charge in [-0.1, -0.05) is 158 Å². The Kier molecular flexibility index (Phi) is 8.37. The number of para-hydroxylation sites is 2. The molecule has 8 aromatic carbocycles. The minimum absolute atomic E-state index is 0.955. The minimum Gasteiger partial charge on any atom is -0.313 e. The quantitative estimate of drug-likeness (QED) is 0.165. The molecule has 0 bridgehead atoms. The van der Waals surface area contributed by atoms with Gasteiger partial charge in [0, 0.05) is 28.3 Å². The summed E-state index contributed by atoms with van der Waals surface area (Å²) in [4.78, 5) is 4.79. The molecular formula is C57H42N2. The molecule has 11 rings (SSSR count). The van der Waals surface area contributed by atoms with Crippen LogP contribution in [0.1, 0.15) is 36.5 Å². The van der Waals surface area contributed by atoms with Crippen LogP contribution in [0.3, 0.4) is 0 Å². The van der Waals surface area contributed by atoms with Gasteiger partial charge in [-0.05, 0) is 140 Å². The second kappa shape index (κ2) is 14.2. The normalized spacial score (nSPS) is 15.6. The lowest BCUT2D eigenvalue weighted by atomic mass is 9.88. The summed E-state index contributed by atoms with van der Waals surface area (Å²) >= 11 is 0. The van der Waals surface area contributed by atoms with Crippen molar-refractivity contribution in [2.75, 3.05) is 9.80 Å². The van der Waals surface area contributed by atoms with Crippen molar-refractivity contribution in [1.29, 1.82) is 0 Å². The summed E-state index contributed by atoms with van der Waals surface area (Å²) in [6.07, 6.45) is 15.6. The number of benzene rings is 8. The largest absolute Gasteiger partial charge is 0.313 e. The monoisotopic (exact) mass is 754 g/mol. The maximum absolute atomic E-state index is 4.66. The smallest absolute Gasteiger partial charge is 0.0534 e. The molecule has 1 aliphatic carbocycles. The molecule has 2 nitrogen and oxygen atoms in total. The van der Waals surface area contributed by atoms with Crippen LogP contribution in [0.15, 0.2) is 217 Å². The average Bonchev–Trinajstić information content (AvgIpc) is 3.56. The maximum Gasteiger partial charge on any atom is 0.0534 e. The number of hydrogen-bond acceptors (Lipinski definition) is 2. The highest BCUT2D eigenvalue weighted by Crippen LogP contribution is 2.46. The molecule has 2 aliphatic heterocycles. The molecular weight excluding hydrogens is 713 g/mol. The van der Waals surface area contributed by atoms with E-state index < -0.39 is 0 Å². The lowest BCUT2D eigenvalue weighted by Gasteiger charge is -2.32. The summed E-state index contributed by atoms with van der Waals surface area (Å²) < 4.78 is 0. The predicted octanol–water partition coefficient (Wildman–Crippen LogP) is 15.7. The maximum atomic E-state index is 4.66. The number of hydrogen-bond donors (Lipinski definition) is 0. The van der Waals surface area contributed by atoms with Crippen LogP contribution >= 0.6 is 0 Å². The third kappa shape index (κ3) is 5.79. The average molecular weight is 755 g/mol. The fraction of sp³-hybridized carbons (Fsp3) is 0.0526. The van der Waals surface area contributed by atoms with Crippen LogP contribution < -0.4 is 9.80 Å². The Bertz CT molecular complexity index is 3140. The molecule has 280 valence electrons. The zero-order chi connectivity index (χ0) is 39.5. The van der Waals surface area contributed by atoms with Crippen LogP contribution in [0.25, 0.3) is 61.2 Å². The third-order valence-electron chi connectivity index (χ3n) is 12.4. The summed E-state index contributed by atoms with van der Waals surface area (Å²) in [7, 11) is 0. The van der Waals surface area contributed by atoms with Crippen LogP contribution in [-0.4, -0.2) is 0 Å². The van der Waals surface area contributed by atoms with Gasteiger partial charge in [0.1, 0.15) is 0 Å². The molecule has 8 aromatic rings. The van der Waals surface area contributed by atoms with Gasteiger partial charge in [0.25, 0.3) is 0 Å². The molecule has 59 heavy (non-hydrogen) atoms. The SMILES string of the molecule is C=C1/C(=C\C)C=Cc2cc(C3=CCCC4=C3C=Cc3ccccc3N4c3ccccc3)ccc2N1c1ccc(-c2ccc3c4ccccc4c4ccccc4c3c2)cc1. The Morgan fingerprint density at radius 2 is 1.07 bits per heavy atom. The minimum atomic E-state index is 0.955. The fourth-order valence-electron chi connectivity index (χ4n) is 9.52. The number of nitrogens with zero attached hydrogens (tertiary/aromatic N) is 2. The Hall–Kier alpha value is -7.42. The van der Waals surface area contributed by atoms with E-state index in [9.17, 15) is 0 Å². The summed E-state index contributed by atoms with van der Waals surface area (Å²) in [6.45, 7) is 6.75. The zero-order valence-corrected chi connectivity index (χ0v) is 33.1. The van der Waals surface area contributed by atoms with E-state index in [2.05, 4.69) is 224 Å². The van der Waals surface area contributed by atoms with Gasteiger partial charge in [-0.15, -0.1) is 0 Å². The van der Waals surface area contributed by atoms with E-state index in [1.807, 2.05) is 0 Å². The third-order valence-corrected chi connectivity index (χ3v) is 12.4. The van der Waals surface area contributed by atoms with Crippen molar-refractivity contribution in [3.8, 4) is 11.1 Å². The van der Waals surface area contributed by atoms with Crippen molar-refractivity contribution in [2.24, 2.45) is 0 Å². The Balaban J connectivity index is 0.977. The molecule has 2 heteroatoms. The topological polar surface area (TPSA) is 6.48 Å². The molecule has 0 fully saturated rings. The van der Waals surface area contributed by atoms with Gasteiger partial charge in [0.05, 0.1) is 11.4 Å². The van der Waals surface area contributed by atoms with Crippen LogP contribution in [0.5, 0.6) is 0 Å². The van der Waals surface area contributed by atoms with Gasteiger partial charge in [0.15, 0.2) is 0 Å². The summed E-state index contributed by atoms with van der Waals surface area (Å²) in [5.74, 6) is 0. The summed E-state index contributed by atoms with van der Waals surface area (Å²) in [5, 5.41) is 7.73. The lowest BCUT2D eigenvalue weighted by Crippen LogP contribution is -2.20. The molecule has 3 aliphatic rings. The van der Waals surface area contributed by atoms with E-state index in [4.69, 9.17) is 0 Å². The first-order valence-corrected chi connectivity index (χ1v) is 20.6. The molecule has 0 atom stereocenters. The standard InChI is InChI=1S/C57H42N2/c1-3-39-24-25-44-36-43(47-21-13-23-57-53(47)34-28-41-14-7-12-22-55(41)59(57)45-15-5-4-6-16-45)30-35-56(44)58(38(39)2)46-31-26-40(27-32-46)42-29-33-52-50-19-9-8-17-48(50)49-18-10-11-20-51(49)54(52)37-42/h3-12,14-22,24-37H,2,13,23H2,1H3/b39-3-. The first kappa shape index (κ1) is 34.8. The van der Waals surface area contributed by atoms with E-state index in [1.165, 1.54) is 82.8 Å². The van der Waals surface area contributed by atoms with Crippen molar-refractivity contribution in [1.82, 2.24) is 0 Å². The number of allylic oxidation sites excluding steroid dienone is 7. The molecule has 0 aromatic heterocycles. The van der Waals surface area contributed by atoms with Crippen molar-refractivity contribution in [2.45, 2.75) is 19.8 Å². The van der Waals surface area contributed by atoms with E-state index in [-0.39, 0.29) is 0 Å². The van der Waals surface area contributed by atoms with Crippen LogP contribution in [0.2, 0.25) is 0 Å². The number of rotatable bonds is 4. The summed E-state index contributed by atoms with van der Waals surface area (Å²) in [6, 6.07) is 59.9. The molecule has 0 saturated carbocycles. The van der Waals surface area contributed by atoms with Crippen molar-refractivity contribution in [3.05, 3.63) is 234 Å². The second-order valence-corrected chi connectivity index (χ2v) is 15.6. The van der Waals surface area contributed by atoms with E-state index in [0.717, 1.165) is 41.1 Å². The van der Waals surface area contributed by atoms with Gasteiger partial charge in [0.2, 0.25) is 0 Å². The van der Waals surface area contributed by atoms with Crippen molar-refractivity contribution < 1.29 is 0 Å². The van der Waals surface area contributed by atoms with Gasteiger partial charge < -0.3 is 9.80 Å². The fourth-order valence-corrected chi connectivity index (χ4v) is 9.52. The first-order valence-electron chi connectivity index (χ1n) is 20.6. The van der Waals surface area contributed by atoms with E-state index in [1.54, 1.807) is 0 Å². The predicted molar refractivity (Wildman–Crippen MR) is 253 cm³/mol. The molecule has 2 heterocycles. The molecule has 0 N–H and O–H groups in total. The van der Waals surface area contributed by atoms with Crippen molar-refractivity contribution >= 4 is 72.8 Å². The molecule has 0 unspecified atom stereocenters. The zero-order valence-electron chi connectivity index (χ0n) is 33.1. The number of fused-ring (bicyclic) bond motifs is 8. The van der Waals surface area contributed by atoms with Gasteiger partial charge in [-0.3, -0.25) is 0 Å². The highest BCUT2D eigenvalue weighted by atomic mass is 15.2. The van der Waals surface area contributed by atoms with Crippen LogP contribution in [0, 0.1) is 0 Å². The van der Waals surface area contributed by atoms with Gasteiger partial charge in [-0.25, -0.2) is 0 Å². The summed E-state index contributed by atoms with van der Waals surface area (Å²) in [5.41, 5.74) is 16.5. The second-order valence-electron chi connectivity index (χ2n) is 15.6. The van der Waals surface area contributed by atoms with Crippen molar-refractivity contribution in [3.63, 3.8) is 0 Å². The van der Waals surface area contributed by atoms with Gasteiger partial charge in [-0.2, -0.15) is 0 Å². The van der Waals surface area contributed by atoms with E-state index in [0.29, 0.717) is 0 Å². The highest BCUT2D eigenvalue weighted by molar-refractivity contribution is 6.25. The molecule has 0 radical (unpaired) electrons. The Morgan fingerprint density at radius 3 is 1.81 bits per heavy atom. The molecule has 0 amide bonds. The Labute approximate surface area is 346 Å². The van der Waals surface area contributed by atoms with Gasteiger partial charge >= 0.3 is 0 Å². The molecule has 0 spiro atoms. The van der Waals surface area contributed by atoms with E-state index >= 15 is 0 Å². The Morgan fingerprint density at radius 1 is 0.475 bits per heavy atom. The highest BCUT2D eigenvalue weighted by Gasteiger charge is 2.27. The number of anilines is 4. The first-order chi connectivity index (χ1) is 29.1.